The van der Waals surface area contributed by atoms with E-state index in [9.17, 15) is 4.39 Å². The molecule has 1 heterocycles. The van der Waals surface area contributed by atoms with Crippen LogP contribution < -0.4 is 4.74 Å². The second-order valence-corrected chi connectivity index (χ2v) is 7.46. The van der Waals surface area contributed by atoms with E-state index in [-0.39, 0.29) is 5.82 Å². The molecular formula is C27H21FN2O. The molecule has 0 spiro atoms. The number of methoxy groups -OCH3 is 1. The van der Waals surface area contributed by atoms with E-state index >= 15 is 0 Å². The number of ether oxygens (including phenoxy) is 1. The fraction of sp³-hybridized carbons (Fsp3) is 0.0741. The van der Waals surface area contributed by atoms with E-state index in [0.717, 1.165) is 33.7 Å². The van der Waals surface area contributed by atoms with Gasteiger partial charge in [0.2, 0.25) is 0 Å². The topological polar surface area (TPSA) is 27.1 Å². The van der Waals surface area contributed by atoms with Gasteiger partial charge in [0.25, 0.3) is 0 Å². The van der Waals surface area contributed by atoms with Gasteiger partial charge in [-0.1, -0.05) is 48.5 Å². The molecule has 1 aromatic heterocycles. The zero-order chi connectivity index (χ0) is 21.4. The van der Waals surface area contributed by atoms with Crippen molar-refractivity contribution >= 4 is 10.8 Å². The van der Waals surface area contributed by atoms with E-state index in [4.69, 9.17) is 9.72 Å². The van der Waals surface area contributed by atoms with Crippen LogP contribution in [0.1, 0.15) is 0 Å². The molecule has 0 saturated heterocycles. The molecule has 0 amide bonds. The Morgan fingerprint density at radius 2 is 1.45 bits per heavy atom. The molecule has 4 heteroatoms. The minimum Gasteiger partial charge on any atom is -0.497 e. The summed E-state index contributed by atoms with van der Waals surface area (Å²) < 4.78 is 21.9. The highest BCUT2D eigenvalue weighted by Crippen LogP contribution is 2.37. The van der Waals surface area contributed by atoms with Crippen molar-refractivity contribution in [3.8, 4) is 39.7 Å². The van der Waals surface area contributed by atoms with Gasteiger partial charge < -0.3 is 9.30 Å². The summed E-state index contributed by atoms with van der Waals surface area (Å²) >= 11 is 0. The van der Waals surface area contributed by atoms with E-state index in [1.807, 2.05) is 54.1 Å². The lowest BCUT2D eigenvalue weighted by molar-refractivity contribution is 0.415. The second-order valence-electron chi connectivity index (χ2n) is 7.46. The van der Waals surface area contributed by atoms with Gasteiger partial charge in [-0.3, -0.25) is 0 Å². The van der Waals surface area contributed by atoms with E-state index < -0.39 is 0 Å². The number of nitrogens with zero attached hydrogens (tertiary/aromatic N) is 2. The molecule has 0 aliphatic rings. The van der Waals surface area contributed by atoms with Crippen LogP contribution in [-0.2, 0) is 7.05 Å². The molecule has 0 bridgehead atoms. The van der Waals surface area contributed by atoms with Crippen LogP contribution in [0.4, 0.5) is 4.39 Å². The number of rotatable bonds is 4. The summed E-state index contributed by atoms with van der Waals surface area (Å²) in [4.78, 5) is 4.91. The maximum atomic E-state index is 14.6. The van der Waals surface area contributed by atoms with Crippen LogP contribution in [0.5, 0.6) is 5.75 Å². The van der Waals surface area contributed by atoms with Gasteiger partial charge in [0.1, 0.15) is 17.4 Å². The maximum Gasteiger partial charge on any atom is 0.143 e. The molecule has 0 radical (unpaired) electrons. The zero-order valence-corrected chi connectivity index (χ0v) is 17.3. The van der Waals surface area contributed by atoms with Crippen LogP contribution >= 0.6 is 0 Å². The normalized spacial score (nSPS) is 11.1. The molecule has 3 nitrogen and oxygen atoms in total. The molecular weight excluding hydrogens is 387 g/mol. The Morgan fingerprint density at radius 3 is 2.19 bits per heavy atom. The van der Waals surface area contributed by atoms with Crippen molar-refractivity contribution in [1.82, 2.24) is 9.55 Å². The summed E-state index contributed by atoms with van der Waals surface area (Å²) in [5.74, 6) is 1.08. The van der Waals surface area contributed by atoms with Gasteiger partial charge in [0, 0.05) is 18.2 Å². The first-order valence-electron chi connectivity index (χ1n) is 10.1. The molecule has 31 heavy (non-hydrogen) atoms. The van der Waals surface area contributed by atoms with Crippen LogP contribution in [0, 0.1) is 5.82 Å². The Hall–Kier alpha value is -3.92. The number of imidazole rings is 1. The smallest absolute Gasteiger partial charge is 0.143 e. The standard InChI is InChI=1S/C27H21FN2O/c1-30-26(21-12-11-18-7-3-4-8-20(18)17-21)25(19-13-15-22(31-2)16-14-19)29-27(30)23-9-5-6-10-24(23)28/h3-17H,1-2H3. The van der Waals surface area contributed by atoms with Gasteiger partial charge in [-0.25, -0.2) is 9.37 Å². The third-order valence-corrected chi connectivity index (χ3v) is 5.60. The predicted molar refractivity (Wildman–Crippen MR) is 124 cm³/mol. The second kappa shape index (κ2) is 7.73. The van der Waals surface area contributed by atoms with Crippen molar-refractivity contribution < 1.29 is 9.13 Å². The van der Waals surface area contributed by atoms with Crippen molar-refractivity contribution in [2.45, 2.75) is 0 Å². The number of hydrogen-bond donors (Lipinski definition) is 0. The molecule has 0 aliphatic carbocycles. The van der Waals surface area contributed by atoms with E-state index in [2.05, 4.69) is 30.3 Å². The first-order chi connectivity index (χ1) is 15.2. The lowest BCUT2D eigenvalue weighted by Crippen LogP contribution is -1.97. The Morgan fingerprint density at radius 1 is 0.774 bits per heavy atom. The average molecular weight is 408 g/mol. The van der Waals surface area contributed by atoms with E-state index in [0.29, 0.717) is 11.4 Å². The molecule has 5 rings (SSSR count). The van der Waals surface area contributed by atoms with Gasteiger partial charge >= 0.3 is 0 Å². The highest BCUT2D eigenvalue weighted by atomic mass is 19.1. The highest BCUT2D eigenvalue weighted by molar-refractivity contribution is 5.90. The van der Waals surface area contributed by atoms with Crippen molar-refractivity contribution in [2.75, 3.05) is 7.11 Å². The molecule has 0 atom stereocenters. The molecule has 0 unspecified atom stereocenters. The van der Waals surface area contributed by atoms with Crippen LogP contribution in [-0.4, -0.2) is 16.7 Å². The largest absolute Gasteiger partial charge is 0.497 e. The average Bonchev–Trinajstić information content (AvgIpc) is 3.16. The summed E-state index contributed by atoms with van der Waals surface area (Å²) in [6, 6.07) is 29.2. The quantitative estimate of drug-likeness (QED) is 0.330. The summed E-state index contributed by atoms with van der Waals surface area (Å²) in [5, 5.41) is 2.32. The van der Waals surface area contributed by atoms with Crippen molar-refractivity contribution in [3.05, 3.63) is 96.8 Å². The molecule has 0 fully saturated rings. The van der Waals surface area contributed by atoms with Crippen LogP contribution in [0.2, 0.25) is 0 Å². The third kappa shape index (κ3) is 3.36. The number of hydrogen-bond acceptors (Lipinski definition) is 2. The number of halogens is 1. The van der Waals surface area contributed by atoms with Crippen LogP contribution in [0.3, 0.4) is 0 Å². The van der Waals surface area contributed by atoms with E-state index in [1.54, 1.807) is 19.2 Å². The Balaban J connectivity index is 1.77. The summed E-state index contributed by atoms with van der Waals surface area (Å²) in [5.41, 5.74) is 4.20. The lowest BCUT2D eigenvalue weighted by atomic mass is 10.0. The number of fused-ring (bicyclic) bond motifs is 1. The minimum atomic E-state index is -0.290. The Kier molecular flexibility index (Phi) is 4.75. The molecule has 4 aromatic carbocycles. The summed E-state index contributed by atoms with van der Waals surface area (Å²) in [6.45, 7) is 0. The maximum absolute atomic E-state index is 14.6. The fourth-order valence-electron chi connectivity index (χ4n) is 4.00. The molecule has 152 valence electrons. The van der Waals surface area contributed by atoms with Gasteiger partial charge in [-0.2, -0.15) is 0 Å². The van der Waals surface area contributed by atoms with Crippen molar-refractivity contribution in [3.63, 3.8) is 0 Å². The predicted octanol–water partition coefficient (Wildman–Crippen LogP) is 6.72. The molecule has 0 aliphatic heterocycles. The van der Waals surface area contributed by atoms with Gasteiger partial charge in [-0.05, 0) is 53.2 Å². The third-order valence-electron chi connectivity index (χ3n) is 5.60. The first-order valence-corrected chi connectivity index (χ1v) is 10.1. The molecule has 0 N–H and O–H groups in total. The first kappa shape index (κ1) is 19.1. The monoisotopic (exact) mass is 408 g/mol. The Bertz CT molecular complexity index is 1390. The fourth-order valence-corrected chi connectivity index (χ4v) is 4.00. The van der Waals surface area contributed by atoms with Gasteiger partial charge in [-0.15, -0.1) is 0 Å². The summed E-state index contributed by atoms with van der Waals surface area (Å²) in [7, 11) is 3.58. The number of benzene rings is 4. The molecule has 0 saturated carbocycles. The van der Waals surface area contributed by atoms with Crippen molar-refractivity contribution in [1.29, 1.82) is 0 Å². The van der Waals surface area contributed by atoms with Crippen molar-refractivity contribution in [2.24, 2.45) is 7.05 Å². The minimum absolute atomic E-state index is 0.290. The van der Waals surface area contributed by atoms with Gasteiger partial charge in [0.05, 0.1) is 24.1 Å². The zero-order valence-electron chi connectivity index (χ0n) is 17.3. The highest BCUT2D eigenvalue weighted by Gasteiger charge is 2.21. The van der Waals surface area contributed by atoms with Crippen LogP contribution in [0.25, 0.3) is 44.7 Å². The summed E-state index contributed by atoms with van der Waals surface area (Å²) in [6.07, 6.45) is 0. The van der Waals surface area contributed by atoms with E-state index in [1.165, 1.54) is 11.5 Å². The van der Waals surface area contributed by atoms with Gasteiger partial charge in [0.15, 0.2) is 0 Å². The number of aromatic nitrogens is 2. The molecule has 5 aromatic rings. The SMILES string of the molecule is COc1ccc(-c2nc(-c3ccccc3F)n(C)c2-c2ccc3ccccc3c2)cc1. The Labute approximate surface area is 180 Å². The van der Waals surface area contributed by atoms with Crippen LogP contribution in [0.15, 0.2) is 91.0 Å². The lowest BCUT2D eigenvalue weighted by Gasteiger charge is -2.10.